The van der Waals surface area contributed by atoms with Crippen LogP contribution in [0.3, 0.4) is 0 Å². The molecule has 27 heavy (non-hydrogen) atoms. The molecule has 5 nitrogen and oxygen atoms in total. The second-order valence-corrected chi connectivity index (χ2v) is 8.55. The van der Waals surface area contributed by atoms with Gasteiger partial charge in [0.1, 0.15) is 6.67 Å². The van der Waals surface area contributed by atoms with E-state index in [-0.39, 0.29) is 5.92 Å². The molecule has 0 bridgehead atoms. The highest BCUT2D eigenvalue weighted by Gasteiger charge is 2.64. The lowest BCUT2D eigenvalue weighted by atomic mass is 9.53. The van der Waals surface area contributed by atoms with Gasteiger partial charge in [-0.15, -0.1) is 0 Å². The molecule has 7 heteroatoms. The molecule has 150 valence electrons. The highest BCUT2D eigenvalue weighted by atomic mass is 35.5. The summed E-state index contributed by atoms with van der Waals surface area (Å²) in [5.74, 6) is -4.68. The van der Waals surface area contributed by atoms with Crippen molar-refractivity contribution in [3.8, 4) is 0 Å². The first-order valence-electron chi connectivity index (χ1n) is 8.97. The normalized spacial score (nSPS) is 33.9. The van der Waals surface area contributed by atoms with Crippen LogP contribution in [-0.4, -0.2) is 40.4 Å². The molecular formula is C20H27ClFNO4. The van der Waals surface area contributed by atoms with E-state index < -0.39 is 47.4 Å². The molecule has 1 heterocycles. The second kappa shape index (κ2) is 7.40. The zero-order chi connectivity index (χ0) is 20.7. The number of carbonyl (C=O) groups is 2. The molecule has 1 fully saturated rings. The lowest BCUT2D eigenvalue weighted by molar-refractivity contribution is -0.167. The van der Waals surface area contributed by atoms with Gasteiger partial charge < -0.3 is 15.5 Å². The van der Waals surface area contributed by atoms with Crippen LogP contribution in [0, 0.1) is 24.2 Å². The molecule has 0 spiro atoms. The van der Waals surface area contributed by atoms with Gasteiger partial charge in [0.05, 0.1) is 17.4 Å². The quantitative estimate of drug-likeness (QED) is 0.699. The molecule has 0 saturated carbocycles. The summed E-state index contributed by atoms with van der Waals surface area (Å²) in [6.45, 7) is 7.66. The molecule has 2 rings (SSSR count). The maximum Gasteiger partial charge on any atom is 0.311 e. The van der Waals surface area contributed by atoms with Crippen LogP contribution in [0.1, 0.15) is 44.7 Å². The average Bonchev–Trinajstić information content (AvgIpc) is 2.56. The number of aliphatic carboxylic acids is 2. The third kappa shape index (κ3) is 3.23. The predicted molar refractivity (Wildman–Crippen MR) is 102 cm³/mol. The van der Waals surface area contributed by atoms with E-state index in [0.717, 1.165) is 0 Å². The van der Waals surface area contributed by atoms with Gasteiger partial charge in [-0.2, -0.15) is 0 Å². The van der Waals surface area contributed by atoms with E-state index in [4.69, 9.17) is 11.6 Å². The first-order chi connectivity index (χ1) is 12.4. The van der Waals surface area contributed by atoms with Gasteiger partial charge in [-0.1, -0.05) is 37.6 Å². The summed E-state index contributed by atoms with van der Waals surface area (Å²) in [5.41, 5.74) is -1.56. The minimum absolute atomic E-state index is 0.184. The van der Waals surface area contributed by atoms with Crippen LogP contribution in [0.4, 0.5) is 4.39 Å². The fourth-order valence-electron chi connectivity index (χ4n) is 4.44. The monoisotopic (exact) mass is 399 g/mol. The van der Waals surface area contributed by atoms with Gasteiger partial charge >= 0.3 is 11.9 Å². The maximum absolute atomic E-state index is 14.1. The SMILES string of the molecule is Cc1cccc(Cl)c1C1C(C(=O)O)C(C)(C(C)C)NC(CF)C1(C)C(=O)O. The van der Waals surface area contributed by atoms with E-state index in [1.165, 1.54) is 6.92 Å². The van der Waals surface area contributed by atoms with Crippen molar-refractivity contribution in [2.45, 2.75) is 52.1 Å². The predicted octanol–water partition coefficient (Wildman–Crippen LogP) is 3.88. The molecular weight excluding hydrogens is 373 g/mol. The number of carboxylic acid groups (broad SMARTS) is 2. The number of benzene rings is 1. The largest absolute Gasteiger partial charge is 0.481 e. The van der Waals surface area contributed by atoms with Gasteiger partial charge in [0.15, 0.2) is 0 Å². The molecule has 3 N–H and O–H groups in total. The Balaban J connectivity index is 2.91. The number of hydrogen-bond acceptors (Lipinski definition) is 3. The summed E-state index contributed by atoms with van der Waals surface area (Å²) in [6.07, 6.45) is 0. The standard InChI is InChI=1S/C20H27ClFNO4/c1-10(2)20(5)16(17(24)25)15(14-11(3)7-6-8-12(14)21)19(4,18(26)27)13(9-22)23-20/h6-8,10,13,15-16,23H,9H2,1-5H3,(H,24,25)(H,26,27). The smallest absolute Gasteiger partial charge is 0.311 e. The number of piperidine rings is 1. The molecule has 1 aliphatic rings. The van der Waals surface area contributed by atoms with Crippen LogP contribution in [0.15, 0.2) is 18.2 Å². The highest BCUT2D eigenvalue weighted by Crippen LogP contribution is 2.55. The third-order valence-corrected chi connectivity index (χ3v) is 6.83. The molecule has 1 aliphatic heterocycles. The zero-order valence-electron chi connectivity index (χ0n) is 16.2. The molecule has 5 atom stereocenters. The Morgan fingerprint density at radius 2 is 1.89 bits per heavy atom. The first kappa shape index (κ1) is 21.6. The van der Waals surface area contributed by atoms with Crippen LogP contribution in [0.2, 0.25) is 5.02 Å². The highest BCUT2D eigenvalue weighted by molar-refractivity contribution is 6.31. The molecule has 1 aromatic carbocycles. The Kier molecular flexibility index (Phi) is 5.93. The van der Waals surface area contributed by atoms with E-state index >= 15 is 0 Å². The van der Waals surface area contributed by atoms with Gasteiger partial charge in [0.25, 0.3) is 0 Å². The molecule has 5 unspecified atom stereocenters. The zero-order valence-corrected chi connectivity index (χ0v) is 17.0. The van der Waals surface area contributed by atoms with Crippen molar-refractivity contribution in [3.05, 3.63) is 34.3 Å². The van der Waals surface area contributed by atoms with Crippen LogP contribution in [-0.2, 0) is 9.59 Å². The summed E-state index contributed by atoms with van der Waals surface area (Å²) in [4.78, 5) is 24.8. The summed E-state index contributed by atoms with van der Waals surface area (Å²) in [7, 11) is 0. The van der Waals surface area contributed by atoms with Crippen molar-refractivity contribution in [2.24, 2.45) is 17.3 Å². The van der Waals surface area contributed by atoms with Gasteiger partial charge in [-0.25, -0.2) is 4.39 Å². The van der Waals surface area contributed by atoms with E-state index in [9.17, 15) is 24.2 Å². The minimum Gasteiger partial charge on any atom is -0.481 e. The number of aryl methyl sites for hydroxylation is 1. The Morgan fingerprint density at radius 3 is 2.30 bits per heavy atom. The number of hydrogen-bond donors (Lipinski definition) is 3. The Morgan fingerprint density at radius 1 is 1.30 bits per heavy atom. The van der Waals surface area contributed by atoms with E-state index in [1.54, 1.807) is 32.0 Å². The first-order valence-corrected chi connectivity index (χ1v) is 9.35. The average molecular weight is 400 g/mol. The lowest BCUT2D eigenvalue weighted by Crippen LogP contribution is -2.72. The maximum atomic E-state index is 14.1. The van der Waals surface area contributed by atoms with E-state index in [2.05, 4.69) is 5.32 Å². The molecule has 0 aromatic heterocycles. The second-order valence-electron chi connectivity index (χ2n) is 8.14. The van der Waals surface area contributed by atoms with Crippen LogP contribution >= 0.6 is 11.6 Å². The fourth-order valence-corrected chi connectivity index (χ4v) is 4.77. The number of halogens is 2. The van der Waals surface area contributed by atoms with Crippen molar-refractivity contribution < 1.29 is 24.2 Å². The minimum atomic E-state index is -1.69. The van der Waals surface area contributed by atoms with Crippen molar-refractivity contribution >= 4 is 23.5 Å². The fraction of sp³-hybridized carbons (Fsp3) is 0.600. The van der Waals surface area contributed by atoms with Gasteiger partial charge in [0.2, 0.25) is 0 Å². The van der Waals surface area contributed by atoms with Crippen LogP contribution in [0.5, 0.6) is 0 Å². The molecule has 1 aromatic rings. The number of alkyl halides is 1. The summed E-state index contributed by atoms with van der Waals surface area (Å²) < 4.78 is 14.1. The number of nitrogens with one attached hydrogen (secondary N) is 1. The van der Waals surface area contributed by atoms with E-state index in [0.29, 0.717) is 16.1 Å². The van der Waals surface area contributed by atoms with Gasteiger partial charge in [-0.05, 0) is 43.9 Å². The van der Waals surface area contributed by atoms with Crippen LogP contribution in [0.25, 0.3) is 0 Å². The summed E-state index contributed by atoms with van der Waals surface area (Å²) >= 11 is 6.43. The number of rotatable bonds is 5. The Labute approximate surface area is 163 Å². The number of carboxylic acids is 2. The van der Waals surface area contributed by atoms with Crippen molar-refractivity contribution in [1.82, 2.24) is 5.32 Å². The molecule has 0 amide bonds. The topological polar surface area (TPSA) is 86.6 Å². The van der Waals surface area contributed by atoms with Crippen molar-refractivity contribution in [2.75, 3.05) is 6.67 Å². The van der Waals surface area contributed by atoms with Crippen molar-refractivity contribution in [3.63, 3.8) is 0 Å². The third-order valence-electron chi connectivity index (χ3n) is 6.50. The summed E-state index contributed by atoms with van der Waals surface area (Å²) in [5, 5.41) is 23.6. The molecule has 1 saturated heterocycles. The van der Waals surface area contributed by atoms with Gasteiger partial charge in [-0.3, -0.25) is 9.59 Å². The van der Waals surface area contributed by atoms with Crippen molar-refractivity contribution in [1.29, 1.82) is 0 Å². The Hall–Kier alpha value is -1.66. The van der Waals surface area contributed by atoms with E-state index in [1.807, 2.05) is 13.8 Å². The summed E-state index contributed by atoms with van der Waals surface area (Å²) in [6, 6.07) is 4.05. The van der Waals surface area contributed by atoms with Gasteiger partial charge in [0, 0.05) is 16.5 Å². The lowest BCUT2D eigenvalue weighted by Gasteiger charge is -2.57. The Bertz CT molecular complexity index is 735. The molecule has 0 radical (unpaired) electrons. The molecule has 0 aliphatic carbocycles. The van der Waals surface area contributed by atoms with Crippen LogP contribution < -0.4 is 5.32 Å².